The highest BCUT2D eigenvalue weighted by Gasteiger charge is 2.21. The minimum Gasteiger partial charge on any atom is -0.492 e. The molecule has 0 aliphatic carbocycles. The van der Waals surface area contributed by atoms with Gasteiger partial charge in [-0.2, -0.15) is 0 Å². The monoisotopic (exact) mass is 253 g/mol. The predicted molar refractivity (Wildman–Crippen MR) is 76.4 cm³/mol. The molecular weight excluding hydrogens is 236 g/mol. The normalized spacial score (nSPS) is 14.9. The van der Waals surface area contributed by atoms with Crippen LogP contribution in [0.3, 0.4) is 0 Å². The van der Waals surface area contributed by atoms with Crippen LogP contribution in [0, 0.1) is 13.1 Å². The third-order valence-corrected chi connectivity index (χ3v) is 3.70. The fourth-order valence-corrected chi connectivity index (χ4v) is 2.74. The summed E-state index contributed by atoms with van der Waals surface area (Å²) in [4.78, 5) is 6.27. The summed E-state index contributed by atoms with van der Waals surface area (Å²) < 4.78 is 0. The molecule has 0 atom stereocenters. The van der Waals surface area contributed by atoms with Crippen molar-refractivity contribution in [3.63, 3.8) is 0 Å². The highest BCUT2D eigenvalue weighted by atomic mass is 16.3. The number of aromatic hydroxyl groups is 1. The van der Waals surface area contributed by atoms with Gasteiger partial charge in [-0.15, -0.1) is 0 Å². The molecule has 1 aromatic heterocycles. The standard InChI is InChI=1S/C16H17N2O/c1-12-14(13-7-3-2-4-8-13)11-17-16(19)15(12)18-9-5-6-10-18/h2-4,7-8H,5-6,9-10H2,1H3,(H,17,19). The van der Waals surface area contributed by atoms with Crippen LogP contribution in [-0.4, -0.2) is 23.2 Å². The van der Waals surface area contributed by atoms with Crippen LogP contribution in [0.1, 0.15) is 18.4 Å². The van der Waals surface area contributed by atoms with Crippen LogP contribution in [0.4, 0.5) is 5.69 Å². The molecule has 0 spiro atoms. The Bertz CT molecular complexity index is 575. The van der Waals surface area contributed by atoms with E-state index >= 15 is 0 Å². The summed E-state index contributed by atoms with van der Waals surface area (Å²) in [6, 6.07) is 10.1. The molecule has 0 unspecified atom stereocenters. The van der Waals surface area contributed by atoms with E-state index in [4.69, 9.17) is 0 Å². The highest BCUT2D eigenvalue weighted by molar-refractivity contribution is 5.75. The first-order valence-electron chi connectivity index (χ1n) is 6.69. The summed E-state index contributed by atoms with van der Waals surface area (Å²) in [5, 5.41) is 10.0. The van der Waals surface area contributed by atoms with E-state index < -0.39 is 0 Å². The van der Waals surface area contributed by atoms with Gasteiger partial charge in [-0.3, -0.25) is 0 Å². The van der Waals surface area contributed by atoms with Crippen molar-refractivity contribution in [1.82, 2.24) is 4.98 Å². The lowest BCUT2D eigenvalue weighted by Crippen LogP contribution is -2.19. The van der Waals surface area contributed by atoms with Gasteiger partial charge in [0.05, 0.1) is 0 Å². The Hall–Kier alpha value is -2.03. The zero-order valence-corrected chi connectivity index (χ0v) is 11.1. The molecule has 3 rings (SSSR count). The number of anilines is 1. The van der Waals surface area contributed by atoms with Gasteiger partial charge >= 0.3 is 0 Å². The molecule has 0 saturated carbocycles. The third kappa shape index (κ3) is 2.16. The second kappa shape index (κ2) is 4.92. The van der Waals surface area contributed by atoms with Gasteiger partial charge in [0.2, 0.25) is 5.88 Å². The summed E-state index contributed by atoms with van der Waals surface area (Å²) in [5.74, 6) is 0.0964. The fraction of sp³-hybridized carbons (Fsp3) is 0.312. The van der Waals surface area contributed by atoms with Crippen LogP contribution in [0.25, 0.3) is 11.1 Å². The van der Waals surface area contributed by atoms with E-state index in [1.54, 1.807) is 0 Å². The summed E-state index contributed by atoms with van der Waals surface area (Å²) in [6.45, 7) is 4.02. The molecule has 1 aliphatic heterocycles. The van der Waals surface area contributed by atoms with Gasteiger partial charge in [0, 0.05) is 18.7 Å². The molecule has 0 amide bonds. The van der Waals surface area contributed by atoms with Crippen LogP contribution in [0.15, 0.2) is 30.3 Å². The molecular formula is C16H17N2O. The van der Waals surface area contributed by atoms with Crippen LogP contribution in [-0.2, 0) is 0 Å². The summed E-state index contributed by atoms with van der Waals surface area (Å²) >= 11 is 0. The third-order valence-electron chi connectivity index (χ3n) is 3.70. The van der Waals surface area contributed by atoms with E-state index in [2.05, 4.69) is 16.1 Å². The average Bonchev–Trinajstić information content (AvgIpc) is 2.94. The summed E-state index contributed by atoms with van der Waals surface area (Å²) in [5.41, 5.74) is 3.99. The Balaban J connectivity index is 2.10. The van der Waals surface area contributed by atoms with E-state index in [0.717, 1.165) is 35.5 Å². The van der Waals surface area contributed by atoms with E-state index in [9.17, 15) is 5.11 Å². The number of rotatable bonds is 2. The number of pyridine rings is 1. The average molecular weight is 253 g/mol. The maximum Gasteiger partial charge on any atom is 0.236 e. The molecule has 1 fully saturated rings. The Morgan fingerprint density at radius 2 is 1.84 bits per heavy atom. The second-order valence-electron chi connectivity index (χ2n) is 4.96. The van der Waals surface area contributed by atoms with E-state index in [-0.39, 0.29) is 5.88 Å². The van der Waals surface area contributed by atoms with Crippen LogP contribution in [0.2, 0.25) is 0 Å². The van der Waals surface area contributed by atoms with Gasteiger partial charge in [0.25, 0.3) is 0 Å². The smallest absolute Gasteiger partial charge is 0.236 e. The number of aromatic nitrogens is 1. The van der Waals surface area contributed by atoms with Crippen molar-refractivity contribution < 1.29 is 5.11 Å². The number of hydrogen-bond donors (Lipinski definition) is 1. The van der Waals surface area contributed by atoms with Crippen molar-refractivity contribution in [2.75, 3.05) is 18.0 Å². The topological polar surface area (TPSA) is 36.4 Å². The van der Waals surface area contributed by atoms with Crippen molar-refractivity contribution in [1.29, 1.82) is 0 Å². The van der Waals surface area contributed by atoms with Crippen LogP contribution in [0.5, 0.6) is 5.88 Å². The van der Waals surface area contributed by atoms with E-state index in [1.165, 1.54) is 12.8 Å². The number of nitrogens with zero attached hydrogens (tertiary/aromatic N) is 2. The largest absolute Gasteiger partial charge is 0.492 e. The lowest BCUT2D eigenvalue weighted by molar-refractivity contribution is 0.452. The van der Waals surface area contributed by atoms with Crippen molar-refractivity contribution in [3.8, 4) is 17.0 Å². The zero-order valence-electron chi connectivity index (χ0n) is 11.1. The fourth-order valence-electron chi connectivity index (χ4n) is 2.74. The zero-order chi connectivity index (χ0) is 13.2. The molecule has 19 heavy (non-hydrogen) atoms. The Morgan fingerprint density at radius 1 is 1.16 bits per heavy atom. The number of hydrogen-bond acceptors (Lipinski definition) is 3. The van der Waals surface area contributed by atoms with Gasteiger partial charge in [-0.1, -0.05) is 30.3 Å². The molecule has 1 aliphatic rings. The Labute approximate surface area is 113 Å². The van der Waals surface area contributed by atoms with Crippen molar-refractivity contribution in [2.45, 2.75) is 19.8 Å². The summed E-state index contributed by atoms with van der Waals surface area (Å²) in [6.07, 6.45) is 5.32. The van der Waals surface area contributed by atoms with Gasteiger partial charge in [-0.25, -0.2) is 4.98 Å². The minimum atomic E-state index is 0.0964. The quantitative estimate of drug-likeness (QED) is 0.893. The van der Waals surface area contributed by atoms with Crippen LogP contribution < -0.4 is 4.90 Å². The Kier molecular flexibility index (Phi) is 3.11. The van der Waals surface area contributed by atoms with Gasteiger partial charge in [-0.05, 0) is 30.9 Å². The second-order valence-corrected chi connectivity index (χ2v) is 4.96. The minimum absolute atomic E-state index is 0.0964. The Morgan fingerprint density at radius 3 is 2.53 bits per heavy atom. The van der Waals surface area contributed by atoms with Gasteiger partial charge < -0.3 is 10.0 Å². The first-order valence-corrected chi connectivity index (χ1v) is 6.69. The molecule has 1 N–H and O–H groups in total. The first-order chi connectivity index (χ1) is 9.27. The lowest BCUT2D eigenvalue weighted by Gasteiger charge is -2.22. The SMILES string of the molecule is Cc1c(-c2ccccc2)[c]nc(O)c1N1CCCC1. The summed E-state index contributed by atoms with van der Waals surface area (Å²) in [7, 11) is 0. The van der Waals surface area contributed by atoms with Crippen LogP contribution >= 0.6 is 0 Å². The molecule has 1 saturated heterocycles. The molecule has 1 aromatic carbocycles. The van der Waals surface area contributed by atoms with Crippen molar-refractivity contribution in [3.05, 3.63) is 42.1 Å². The molecule has 3 nitrogen and oxygen atoms in total. The van der Waals surface area contributed by atoms with Gasteiger partial charge in [0.1, 0.15) is 11.9 Å². The van der Waals surface area contributed by atoms with Crippen molar-refractivity contribution in [2.24, 2.45) is 0 Å². The maximum atomic E-state index is 10.0. The maximum absolute atomic E-state index is 10.0. The van der Waals surface area contributed by atoms with Gasteiger partial charge in [0.15, 0.2) is 0 Å². The number of benzene rings is 1. The van der Waals surface area contributed by atoms with E-state index in [1.807, 2.05) is 37.3 Å². The molecule has 97 valence electrons. The first kappa shape index (κ1) is 12.0. The molecule has 1 radical (unpaired) electrons. The highest BCUT2D eigenvalue weighted by Crippen LogP contribution is 2.36. The molecule has 0 bridgehead atoms. The predicted octanol–water partition coefficient (Wildman–Crippen LogP) is 3.16. The van der Waals surface area contributed by atoms with Crippen molar-refractivity contribution >= 4 is 5.69 Å². The molecule has 2 heterocycles. The lowest BCUT2D eigenvalue weighted by atomic mass is 10.0. The molecule has 3 heteroatoms. The molecule has 2 aromatic rings. The van der Waals surface area contributed by atoms with E-state index in [0.29, 0.717) is 0 Å².